The summed E-state index contributed by atoms with van der Waals surface area (Å²) in [6.07, 6.45) is 10.4. The van der Waals surface area contributed by atoms with Gasteiger partial charge < -0.3 is 14.5 Å². The van der Waals surface area contributed by atoms with Crippen LogP contribution in [0, 0.1) is 6.92 Å². The molecule has 4 aromatic rings. The Morgan fingerprint density at radius 1 is 1.24 bits per heavy atom. The lowest BCUT2D eigenvalue weighted by molar-refractivity contribution is 0.252. The molecule has 2 amide bonds. The monoisotopic (exact) mass is 499 g/mol. The zero-order valence-electron chi connectivity index (χ0n) is 19.0. The Bertz CT molecular complexity index is 1410. The second kappa shape index (κ2) is 9.77. The molecule has 0 radical (unpaired) electrons. The molecule has 2 N–H and O–H groups in total. The minimum atomic E-state index is -3.44. The predicted octanol–water partition coefficient (Wildman–Crippen LogP) is 3.29. The van der Waals surface area contributed by atoms with Crippen molar-refractivity contribution in [2.45, 2.75) is 31.7 Å². The van der Waals surface area contributed by atoms with Crippen LogP contribution in [0.2, 0.25) is 0 Å². The lowest BCUT2D eigenvalue weighted by atomic mass is 10.1. The van der Waals surface area contributed by atoms with Crippen molar-refractivity contribution in [2.75, 3.05) is 18.1 Å². The normalized spacial score (nSPS) is 11.5. The second-order valence-corrected chi connectivity index (χ2v) is 10.7. The predicted molar refractivity (Wildman–Crippen MR) is 131 cm³/mol. The third-order valence-electron chi connectivity index (χ3n) is 5.14. The highest BCUT2D eigenvalue weighted by atomic mass is 32.2. The molecule has 12 heteroatoms. The van der Waals surface area contributed by atoms with Crippen molar-refractivity contribution in [3.8, 4) is 16.1 Å². The molecule has 0 fully saturated rings. The number of hydrogen-bond donors (Lipinski definition) is 2. The van der Waals surface area contributed by atoms with Crippen LogP contribution in [-0.4, -0.2) is 51.3 Å². The highest BCUT2D eigenvalue weighted by Gasteiger charge is 2.18. The minimum Gasteiger partial charge on any atom is -0.337 e. The molecule has 0 aliphatic heterocycles. The van der Waals surface area contributed by atoms with Gasteiger partial charge in [-0.2, -0.15) is 0 Å². The molecule has 3 heterocycles. The summed E-state index contributed by atoms with van der Waals surface area (Å²) in [5.41, 5.74) is 2.95. The summed E-state index contributed by atoms with van der Waals surface area (Å²) in [7, 11) is -3.44. The van der Waals surface area contributed by atoms with Crippen LogP contribution in [0.25, 0.3) is 16.1 Å². The molecule has 1 aromatic carbocycles. The number of carbonyl (C=O) groups excluding carboxylic acids is 1. The quantitative estimate of drug-likeness (QED) is 0.383. The van der Waals surface area contributed by atoms with Crippen molar-refractivity contribution in [2.24, 2.45) is 0 Å². The number of hydrogen-bond acceptors (Lipinski definition) is 7. The number of aromatic nitrogens is 5. The highest BCUT2D eigenvalue weighted by molar-refractivity contribution is 7.90. The van der Waals surface area contributed by atoms with Crippen LogP contribution in [0.3, 0.4) is 0 Å². The Kier molecular flexibility index (Phi) is 6.80. The summed E-state index contributed by atoms with van der Waals surface area (Å²) in [6, 6.07) is 4.77. The first-order chi connectivity index (χ1) is 16.2. The Hall–Kier alpha value is -3.51. The molecule has 0 unspecified atom stereocenters. The molecule has 4 rings (SSSR count). The lowest BCUT2D eigenvalue weighted by Gasteiger charge is -2.11. The fourth-order valence-corrected chi connectivity index (χ4v) is 5.26. The van der Waals surface area contributed by atoms with Gasteiger partial charge in [-0.3, -0.25) is 5.32 Å². The van der Waals surface area contributed by atoms with Gasteiger partial charge in [0.1, 0.15) is 0 Å². The van der Waals surface area contributed by atoms with Crippen molar-refractivity contribution >= 4 is 32.3 Å². The number of imidazole rings is 2. The highest BCUT2D eigenvalue weighted by Crippen LogP contribution is 2.35. The molecule has 0 atom stereocenters. The molecule has 0 spiro atoms. The topological polar surface area (TPSA) is 124 Å². The molecule has 3 aromatic heterocycles. The molecule has 0 saturated carbocycles. The molecular weight excluding hydrogens is 474 g/mol. The number of rotatable bonds is 8. The van der Waals surface area contributed by atoms with Gasteiger partial charge in [-0.05, 0) is 31.5 Å². The number of thiazole rings is 1. The maximum absolute atomic E-state index is 12.3. The van der Waals surface area contributed by atoms with Crippen molar-refractivity contribution in [3.63, 3.8) is 0 Å². The van der Waals surface area contributed by atoms with E-state index in [1.165, 1.54) is 17.6 Å². The standard InChI is InChI=1S/C22H25N7O3S2/c1-4-28-12-17(25-14-28)7-8-24-21(30)27-22-26-15(2)20(33-22)16-5-6-19(34(3,31)32)18(11-16)29-10-9-23-13-29/h5-6,9-14H,4,7-8H2,1-3H3,(H2,24,26,27,30). The molecule has 0 aliphatic rings. The number of nitrogens with one attached hydrogen (secondary N) is 2. The molecule has 10 nitrogen and oxygen atoms in total. The number of nitrogens with zero attached hydrogens (tertiary/aromatic N) is 5. The van der Waals surface area contributed by atoms with Gasteiger partial charge in [0.2, 0.25) is 0 Å². The number of carbonyl (C=O) groups is 1. The van der Waals surface area contributed by atoms with E-state index in [1.807, 2.05) is 24.6 Å². The third-order valence-corrected chi connectivity index (χ3v) is 7.40. The van der Waals surface area contributed by atoms with Gasteiger partial charge in [0.25, 0.3) is 0 Å². The largest absolute Gasteiger partial charge is 0.337 e. The van der Waals surface area contributed by atoms with Crippen LogP contribution in [0.15, 0.2) is 54.3 Å². The lowest BCUT2D eigenvalue weighted by Crippen LogP contribution is -2.30. The van der Waals surface area contributed by atoms with E-state index < -0.39 is 9.84 Å². The van der Waals surface area contributed by atoms with Crippen LogP contribution in [-0.2, 0) is 22.8 Å². The van der Waals surface area contributed by atoms with E-state index in [0.717, 1.165) is 28.4 Å². The Morgan fingerprint density at radius 2 is 2.06 bits per heavy atom. The molecule has 0 bridgehead atoms. The van der Waals surface area contributed by atoms with Crippen molar-refractivity contribution in [3.05, 3.63) is 60.8 Å². The average Bonchev–Trinajstić information content (AvgIpc) is 3.54. The van der Waals surface area contributed by atoms with Crippen LogP contribution in [0.1, 0.15) is 18.3 Å². The van der Waals surface area contributed by atoms with E-state index >= 15 is 0 Å². The number of anilines is 1. The van der Waals surface area contributed by atoms with E-state index in [4.69, 9.17) is 0 Å². The van der Waals surface area contributed by atoms with Crippen LogP contribution >= 0.6 is 11.3 Å². The van der Waals surface area contributed by atoms with Gasteiger partial charge in [0.15, 0.2) is 15.0 Å². The Morgan fingerprint density at radius 3 is 2.74 bits per heavy atom. The Balaban J connectivity index is 1.48. The van der Waals surface area contributed by atoms with Gasteiger partial charge in [0, 0.05) is 44.4 Å². The second-order valence-electron chi connectivity index (χ2n) is 7.68. The van der Waals surface area contributed by atoms with E-state index in [-0.39, 0.29) is 10.9 Å². The fraction of sp³-hybridized carbons (Fsp3) is 0.273. The smallest absolute Gasteiger partial charge is 0.321 e. The number of sulfone groups is 1. The SMILES string of the molecule is CCn1cnc(CCNC(=O)Nc2nc(C)c(-c3ccc(S(C)(=O)=O)c(-n4ccnc4)c3)s2)c1. The van der Waals surface area contributed by atoms with Crippen LogP contribution in [0.4, 0.5) is 9.93 Å². The van der Waals surface area contributed by atoms with Crippen LogP contribution in [0.5, 0.6) is 0 Å². The molecular formula is C22H25N7O3S2. The first-order valence-electron chi connectivity index (χ1n) is 10.6. The van der Waals surface area contributed by atoms with Gasteiger partial charge in [-0.15, -0.1) is 0 Å². The Labute approximate surface area is 201 Å². The van der Waals surface area contributed by atoms with E-state index in [9.17, 15) is 13.2 Å². The summed E-state index contributed by atoms with van der Waals surface area (Å²) in [5, 5.41) is 6.05. The van der Waals surface area contributed by atoms with Crippen LogP contribution < -0.4 is 10.6 Å². The van der Waals surface area contributed by atoms with Crippen molar-refractivity contribution in [1.82, 2.24) is 29.4 Å². The zero-order valence-corrected chi connectivity index (χ0v) is 20.7. The zero-order chi connectivity index (χ0) is 24.3. The summed E-state index contributed by atoms with van der Waals surface area (Å²) in [4.78, 5) is 26.2. The van der Waals surface area contributed by atoms with Gasteiger partial charge in [-0.25, -0.2) is 28.2 Å². The fourth-order valence-electron chi connectivity index (χ4n) is 3.45. The van der Waals surface area contributed by atoms with Crippen molar-refractivity contribution < 1.29 is 13.2 Å². The van der Waals surface area contributed by atoms with Gasteiger partial charge >= 0.3 is 6.03 Å². The van der Waals surface area contributed by atoms with E-state index in [2.05, 4.69) is 25.6 Å². The van der Waals surface area contributed by atoms with Crippen molar-refractivity contribution in [1.29, 1.82) is 0 Å². The molecule has 0 aliphatic carbocycles. The number of benzene rings is 1. The minimum absolute atomic E-state index is 0.206. The van der Waals surface area contributed by atoms with E-state index in [1.54, 1.807) is 47.8 Å². The number of aryl methyl sites for hydroxylation is 2. The summed E-state index contributed by atoms with van der Waals surface area (Å²) in [6.45, 7) is 5.19. The first kappa shape index (κ1) is 23.6. The molecule has 34 heavy (non-hydrogen) atoms. The number of urea groups is 1. The molecule has 0 saturated heterocycles. The maximum Gasteiger partial charge on any atom is 0.321 e. The first-order valence-corrected chi connectivity index (χ1v) is 13.3. The van der Waals surface area contributed by atoms with Gasteiger partial charge in [-0.1, -0.05) is 17.4 Å². The number of amides is 2. The third kappa shape index (κ3) is 5.34. The molecule has 178 valence electrons. The summed E-state index contributed by atoms with van der Waals surface area (Å²) >= 11 is 1.32. The summed E-state index contributed by atoms with van der Waals surface area (Å²) < 4.78 is 28.2. The van der Waals surface area contributed by atoms with E-state index in [0.29, 0.717) is 23.8 Å². The summed E-state index contributed by atoms with van der Waals surface area (Å²) in [5.74, 6) is 0. The van der Waals surface area contributed by atoms with Gasteiger partial charge in [0.05, 0.1) is 39.5 Å². The average molecular weight is 500 g/mol. The maximum atomic E-state index is 12.3.